The Bertz CT molecular complexity index is 2500. The summed E-state index contributed by atoms with van der Waals surface area (Å²) in [7, 11) is 2.20. The number of carbonyl (C=O) groups excluding carboxylic acids is 2. The summed E-state index contributed by atoms with van der Waals surface area (Å²) < 4.78 is 49.3. The van der Waals surface area contributed by atoms with Gasteiger partial charge in [0.2, 0.25) is 0 Å². The number of hydrogen-bond donors (Lipinski definition) is 2. The lowest BCUT2D eigenvalue weighted by atomic mass is 10.1. The lowest BCUT2D eigenvalue weighted by molar-refractivity contribution is -0.915. The summed E-state index contributed by atoms with van der Waals surface area (Å²) in [6.45, 7) is 13.4. The van der Waals surface area contributed by atoms with Gasteiger partial charge in [-0.05, 0) is 135 Å². The van der Waals surface area contributed by atoms with Gasteiger partial charge in [-0.3, -0.25) is 24.5 Å². The van der Waals surface area contributed by atoms with Crippen LogP contribution in [-0.4, -0.2) is 117 Å². The molecular weight excluding hydrogens is 843 g/mol. The second kappa shape index (κ2) is 23.6. The van der Waals surface area contributed by atoms with Crippen LogP contribution in [-0.2, 0) is 9.47 Å². The first kappa shape index (κ1) is 48.9. The lowest BCUT2D eigenvalue weighted by Crippen LogP contribution is -2.54. The van der Waals surface area contributed by atoms with Crippen LogP contribution in [0.2, 0.25) is 0 Å². The van der Waals surface area contributed by atoms with Crippen molar-refractivity contribution in [3.63, 3.8) is 0 Å². The van der Waals surface area contributed by atoms with Gasteiger partial charge in [-0.2, -0.15) is 0 Å². The number of ether oxygens (including phenoxy) is 4. The second-order valence-corrected chi connectivity index (χ2v) is 16.3. The van der Waals surface area contributed by atoms with Gasteiger partial charge in [0.25, 0.3) is 11.8 Å². The number of pyridine rings is 2. The zero-order valence-corrected chi connectivity index (χ0v) is 38.0. The number of quaternary nitrogens is 1. The van der Waals surface area contributed by atoms with Crippen LogP contribution in [0.4, 0.5) is 8.78 Å². The normalized spacial score (nSPS) is 14.4. The third-order valence-corrected chi connectivity index (χ3v) is 11.1. The van der Waals surface area contributed by atoms with Gasteiger partial charge in [-0.1, -0.05) is 0 Å². The van der Waals surface area contributed by atoms with Crippen LogP contribution in [0, 0.1) is 32.9 Å². The van der Waals surface area contributed by atoms with E-state index in [0.717, 1.165) is 104 Å². The molecule has 0 unspecified atom stereocenters. The van der Waals surface area contributed by atoms with E-state index in [1.807, 2.05) is 68.4 Å². The van der Waals surface area contributed by atoms with E-state index in [2.05, 4.69) is 32.5 Å². The summed E-state index contributed by atoms with van der Waals surface area (Å²) in [5.74, 6) is 1.57. The summed E-state index contributed by atoms with van der Waals surface area (Å²) in [5, 5.41) is 6.04. The highest BCUT2D eigenvalue weighted by molar-refractivity contribution is 5.96. The number of likely N-dealkylation sites (N-methyl/N-ethyl adjacent to an activating group) is 1. The number of benzene rings is 4. The molecule has 2 amide bonds. The highest BCUT2D eigenvalue weighted by Gasteiger charge is 2.25. The van der Waals surface area contributed by atoms with Crippen molar-refractivity contribution in [3.05, 3.63) is 163 Å². The predicted octanol–water partition coefficient (Wildman–Crippen LogP) is 8.70. The number of aryl methyl sites for hydroxylation is 2. The Morgan fingerprint density at radius 1 is 0.606 bits per heavy atom. The number of amides is 2. The van der Waals surface area contributed by atoms with E-state index in [9.17, 15) is 18.4 Å². The average molecular weight is 901 g/mol. The van der Waals surface area contributed by atoms with Crippen molar-refractivity contribution in [1.29, 1.82) is 0 Å². The summed E-state index contributed by atoms with van der Waals surface area (Å²) in [4.78, 5) is 36.9. The topological polar surface area (TPSA) is 124 Å². The molecule has 0 aliphatic carbocycles. The Morgan fingerprint density at radius 3 is 1.44 bits per heavy atom. The van der Waals surface area contributed by atoms with Crippen LogP contribution in [0.1, 0.15) is 32.1 Å². The van der Waals surface area contributed by atoms with Gasteiger partial charge in [0.05, 0.1) is 58.0 Å². The van der Waals surface area contributed by atoms with Gasteiger partial charge in [-0.15, -0.1) is 0 Å². The Hall–Kier alpha value is -6.58. The molecule has 0 saturated carbocycles. The minimum Gasteiger partial charge on any atom is -0.457 e. The van der Waals surface area contributed by atoms with Gasteiger partial charge in [0, 0.05) is 59.8 Å². The highest BCUT2D eigenvalue weighted by Crippen LogP contribution is 2.28. The Balaban J connectivity index is 0.000000215. The first-order valence-electron chi connectivity index (χ1n) is 21.8. The van der Waals surface area contributed by atoms with Crippen LogP contribution >= 0.6 is 0 Å². The summed E-state index contributed by atoms with van der Waals surface area (Å²) in [6, 6.07) is 33.8. The second-order valence-electron chi connectivity index (χ2n) is 16.3. The summed E-state index contributed by atoms with van der Waals surface area (Å²) >= 11 is 0. The van der Waals surface area contributed by atoms with Crippen molar-refractivity contribution in [2.45, 2.75) is 13.8 Å². The molecule has 0 atom stereocenters. The van der Waals surface area contributed by atoms with Gasteiger partial charge >= 0.3 is 0 Å². The molecule has 2 fully saturated rings. The number of nitrogens with one attached hydrogen (secondary N) is 2. The monoisotopic (exact) mass is 900 g/mol. The van der Waals surface area contributed by atoms with Gasteiger partial charge < -0.3 is 41.5 Å². The fourth-order valence-electron chi connectivity index (χ4n) is 7.36. The van der Waals surface area contributed by atoms with Gasteiger partial charge in [-0.25, -0.2) is 8.78 Å². The lowest BCUT2D eigenvalue weighted by Gasteiger charge is -2.37. The molecule has 4 heterocycles. The molecule has 2 aromatic heterocycles. The van der Waals surface area contributed by atoms with Gasteiger partial charge in [0.1, 0.15) is 47.7 Å². The molecule has 2 aliphatic rings. The summed E-state index contributed by atoms with van der Waals surface area (Å²) in [6.07, 6.45) is 0. The standard InChI is InChI=1S/C26H28FN3O3.C25H26FN3O3.CH3/c1-19-17-21(26(31)28-11-12-30(2)13-15-32-16-14-30)18-25(29-19)20-3-7-23(8-4-20)33-24-9-5-22(27)6-10-24;1-18-16-20(25(30)27-10-11-29-12-14-31-15-13-29)17-24(28-18)19-2-6-22(7-3-19)32-23-8-4-21(26)5-9-23;/h3-10,17-18H,11-16H2,1-2H3;2-9,16-17H,10-15H2,1H3,(H,27,30);1H3/q;;-1/p+1. The first-order valence-corrected chi connectivity index (χ1v) is 21.8. The number of halogens is 2. The van der Waals surface area contributed by atoms with Crippen molar-refractivity contribution < 1.29 is 41.8 Å². The molecule has 2 saturated heterocycles. The molecule has 0 radical (unpaired) electrons. The minimum absolute atomic E-state index is 0. The molecule has 2 aliphatic heterocycles. The van der Waals surface area contributed by atoms with Crippen LogP contribution in [0.15, 0.2) is 121 Å². The number of nitrogens with zero attached hydrogens (tertiary/aromatic N) is 4. The Morgan fingerprint density at radius 2 is 1.00 bits per heavy atom. The maximum atomic E-state index is 13.1. The van der Waals surface area contributed by atoms with Crippen molar-refractivity contribution in [1.82, 2.24) is 25.5 Å². The van der Waals surface area contributed by atoms with Crippen LogP contribution in [0.5, 0.6) is 23.0 Å². The predicted molar refractivity (Wildman–Crippen MR) is 252 cm³/mol. The Kier molecular flexibility index (Phi) is 17.4. The number of carbonyl (C=O) groups is 2. The van der Waals surface area contributed by atoms with Gasteiger partial charge in [0.15, 0.2) is 0 Å². The molecule has 6 aromatic rings. The average Bonchev–Trinajstić information content (AvgIpc) is 3.31. The fourth-order valence-corrected chi connectivity index (χ4v) is 7.36. The van der Waals surface area contributed by atoms with Crippen LogP contribution < -0.4 is 20.1 Å². The molecule has 0 spiro atoms. The van der Waals surface area contributed by atoms with Crippen LogP contribution in [0.25, 0.3) is 22.5 Å². The van der Waals surface area contributed by atoms with E-state index in [4.69, 9.17) is 18.9 Å². The molecule has 4 aromatic carbocycles. The van der Waals surface area contributed by atoms with E-state index in [0.29, 0.717) is 47.2 Å². The van der Waals surface area contributed by atoms with Crippen molar-refractivity contribution in [2.24, 2.45) is 0 Å². The molecule has 0 bridgehead atoms. The van der Waals surface area contributed by atoms with E-state index in [1.165, 1.54) is 24.3 Å². The number of morpholine rings is 2. The molecule has 2 N–H and O–H groups in total. The van der Waals surface area contributed by atoms with E-state index in [-0.39, 0.29) is 30.9 Å². The molecule has 14 heteroatoms. The van der Waals surface area contributed by atoms with E-state index in [1.54, 1.807) is 42.5 Å². The SMILES string of the molecule is Cc1cc(C(=O)NCCN2CCOCC2)cc(-c2ccc(Oc3ccc(F)cc3)cc2)n1.Cc1cc(C(=O)NCC[N+]2(C)CCOCC2)cc(-c2ccc(Oc3ccc(F)cc3)cc2)n1.[CH3-]. The molecule has 66 heavy (non-hydrogen) atoms. The van der Waals surface area contributed by atoms with E-state index < -0.39 is 0 Å². The quantitative estimate of drug-likeness (QED) is 0.0817. The van der Waals surface area contributed by atoms with Crippen molar-refractivity contribution in [3.8, 4) is 45.5 Å². The molecular formula is C52H58F2N6O6. The largest absolute Gasteiger partial charge is 0.457 e. The van der Waals surface area contributed by atoms with Crippen molar-refractivity contribution in [2.75, 3.05) is 85.8 Å². The number of hydrogen-bond acceptors (Lipinski definition) is 9. The van der Waals surface area contributed by atoms with E-state index >= 15 is 0 Å². The maximum Gasteiger partial charge on any atom is 0.251 e. The number of rotatable bonds is 14. The molecule has 8 rings (SSSR count). The smallest absolute Gasteiger partial charge is 0.251 e. The number of aromatic nitrogens is 2. The fraction of sp³-hybridized carbons (Fsp3) is 0.288. The molecule has 346 valence electrons. The highest BCUT2D eigenvalue weighted by atomic mass is 19.1. The van der Waals surface area contributed by atoms with Crippen molar-refractivity contribution >= 4 is 11.8 Å². The Labute approximate surface area is 386 Å². The third kappa shape index (κ3) is 14.5. The zero-order valence-electron chi connectivity index (χ0n) is 38.0. The maximum absolute atomic E-state index is 13.1. The first-order chi connectivity index (χ1) is 31.5. The summed E-state index contributed by atoms with van der Waals surface area (Å²) in [5.41, 5.74) is 5.92. The molecule has 12 nitrogen and oxygen atoms in total. The minimum atomic E-state index is -0.306. The third-order valence-electron chi connectivity index (χ3n) is 11.1. The zero-order chi connectivity index (χ0) is 45.6. The van der Waals surface area contributed by atoms with Crippen LogP contribution in [0.3, 0.4) is 0 Å².